The molecule has 2 rings (SSSR count). The highest BCUT2D eigenvalue weighted by atomic mass is 16.6. The van der Waals surface area contributed by atoms with Crippen LogP contribution in [0.2, 0.25) is 0 Å². The summed E-state index contributed by atoms with van der Waals surface area (Å²) in [5.41, 5.74) is 0.488. The molecule has 0 fully saturated rings. The molecule has 0 aliphatic heterocycles. The number of hydrogen-bond donors (Lipinski definition) is 1. The van der Waals surface area contributed by atoms with Gasteiger partial charge < -0.3 is 9.84 Å². The van der Waals surface area contributed by atoms with Crippen molar-refractivity contribution in [3.8, 4) is 11.8 Å². The maximum atomic E-state index is 10.8. The fourth-order valence-corrected chi connectivity index (χ4v) is 1.45. The van der Waals surface area contributed by atoms with Crippen LogP contribution in [0.5, 0.6) is 11.8 Å². The van der Waals surface area contributed by atoms with Gasteiger partial charge in [0.2, 0.25) is 0 Å². The predicted octanol–water partition coefficient (Wildman–Crippen LogP) is 2.18. The fourth-order valence-electron chi connectivity index (χ4n) is 1.45. The number of aromatic nitrogens is 2. The number of rotatable bonds is 4. The van der Waals surface area contributed by atoms with Gasteiger partial charge in [0.15, 0.2) is 0 Å². The molecule has 1 aromatic heterocycles. The van der Waals surface area contributed by atoms with Gasteiger partial charge in [-0.25, -0.2) is 4.79 Å². The van der Waals surface area contributed by atoms with E-state index in [9.17, 15) is 14.9 Å². The van der Waals surface area contributed by atoms with E-state index in [1.54, 1.807) is 6.92 Å². The number of carbonyl (C=O) groups is 1. The van der Waals surface area contributed by atoms with Gasteiger partial charge in [-0.05, 0) is 30.7 Å². The molecule has 1 aromatic carbocycles. The molecule has 8 heteroatoms. The molecular weight excluding hydrogens is 266 g/mol. The third kappa shape index (κ3) is 2.86. The molecule has 20 heavy (non-hydrogen) atoms. The van der Waals surface area contributed by atoms with Crippen molar-refractivity contribution >= 4 is 11.7 Å². The zero-order valence-electron chi connectivity index (χ0n) is 10.3. The van der Waals surface area contributed by atoms with Gasteiger partial charge in [0.25, 0.3) is 0 Å². The Bertz CT molecular complexity index is 669. The van der Waals surface area contributed by atoms with Gasteiger partial charge >= 0.3 is 17.7 Å². The van der Waals surface area contributed by atoms with Gasteiger partial charge in [0.1, 0.15) is 18.1 Å². The van der Waals surface area contributed by atoms with Crippen molar-refractivity contribution < 1.29 is 19.6 Å². The fraction of sp³-hybridized carbons (Fsp3) is 0.0833. The lowest BCUT2D eigenvalue weighted by Crippen LogP contribution is -1.99. The maximum absolute atomic E-state index is 10.8. The smallest absolute Gasteiger partial charge is 0.335 e. The molecule has 0 amide bonds. The third-order valence-corrected chi connectivity index (χ3v) is 2.45. The molecule has 0 unspecified atom stereocenters. The number of nitro groups is 1. The first-order valence-corrected chi connectivity index (χ1v) is 5.45. The molecule has 0 spiro atoms. The van der Waals surface area contributed by atoms with E-state index in [4.69, 9.17) is 9.84 Å². The minimum absolute atomic E-state index is 0.0539. The molecule has 0 atom stereocenters. The van der Waals surface area contributed by atoms with E-state index >= 15 is 0 Å². The number of aromatic carboxylic acids is 1. The number of hydrogen-bond acceptors (Lipinski definition) is 6. The van der Waals surface area contributed by atoms with Crippen LogP contribution in [0, 0.1) is 17.0 Å². The molecule has 102 valence electrons. The Kier molecular flexibility index (Phi) is 3.56. The zero-order valence-corrected chi connectivity index (χ0v) is 10.3. The van der Waals surface area contributed by atoms with E-state index in [2.05, 4.69) is 9.97 Å². The average Bonchev–Trinajstić information content (AvgIpc) is 2.41. The first-order valence-electron chi connectivity index (χ1n) is 5.45. The molecule has 0 saturated heterocycles. The van der Waals surface area contributed by atoms with Crippen LogP contribution in [0.3, 0.4) is 0 Å². The summed E-state index contributed by atoms with van der Waals surface area (Å²) in [6.45, 7) is 1.67. The monoisotopic (exact) mass is 275 g/mol. The Morgan fingerprint density at radius 2 is 2.00 bits per heavy atom. The van der Waals surface area contributed by atoms with Crippen molar-refractivity contribution in [1.82, 2.24) is 9.97 Å². The summed E-state index contributed by atoms with van der Waals surface area (Å²) in [7, 11) is 0. The summed E-state index contributed by atoms with van der Waals surface area (Å²) < 4.78 is 5.34. The first kappa shape index (κ1) is 13.4. The molecule has 0 aliphatic carbocycles. The van der Waals surface area contributed by atoms with Crippen LogP contribution >= 0.6 is 0 Å². The lowest BCUT2D eigenvalue weighted by Gasteiger charge is -2.07. The van der Waals surface area contributed by atoms with Crippen LogP contribution in [-0.2, 0) is 0 Å². The van der Waals surface area contributed by atoms with E-state index in [-0.39, 0.29) is 17.3 Å². The second-order valence-corrected chi connectivity index (χ2v) is 3.87. The molecular formula is C12H9N3O5. The molecule has 0 saturated carbocycles. The number of carboxylic acids is 1. The normalized spacial score (nSPS) is 10.1. The maximum Gasteiger partial charge on any atom is 0.335 e. The largest absolute Gasteiger partial charge is 0.478 e. The standard InChI is InChI=1S/C12H9N3O5/c1-7-4-8(11(16)17)2-3-10(7)20-12-13-5-9(6-14-12)15(18)19/h2-6H,1H3,(H,16,17). The van der Waals surface area contributed by atoms with Gasteiger partial charge in [0.05, 0.1) is 10.5 Å². The van der Waals surface area contributed by atoms with Crippen molar-refractivity contribution in [1.29, 1.82) is 0 Å². The summed E-state index contributed by atoms with van der Waals surface area (Å²) in [4.78, 5) is 28.0. The van der Waals surface area contributed by atoms with Crippen molar-refractivity contribution in [3.63, 3.8) is 0 Å². The Balaban J connectivity index is 2.21. The summed E-state index contributed by atoms with van der Waals surface area (Å²) >= 11 is 0. The van der Waals surface area contributed by atoms with Crippen molar-refractivity contribution in [2.24, 2.45) is 0 Å². The molecule has 1 heterocycles. The highest BCUT2D eigenvalue weighted by molar-refractivity contribution is 5.88. The lowest BCUT2D eigenvalue weighted by atomic mass is 10.1. The summed E-state index contributed by atoms with van der Waals surface area (Å²) in [6, 6.07) is 4.25. The summed E-state index contributed by atoms with van der Waals surface area (Å²) in [5, 5.41) is 19.3. The number of benzene rings is 1. The van der Waals surface area contributed by atoms with E-state index in [0.29, 0.717) is 11.3 Å². The molecule has 0 bridgehead atoms. The van der Waals surface area contributed by atoms with Crippen LogP contribution in [0.1, 0.15) is 15.9 Å². The van der Waals surface area contributed by atoms with Crippen molar-refractivity contribution in [2.75, 3.05) is 0 Å². The van der Waals surface area contributed by atoms with E-state index in [0.717, 1.165) is 12.4 Å². The minimum Gasteiger partial charge on any atom is -0.478 e. The number of aryl methyl sites for hydroxylation is 1. The van der Waals surface area contributed by atoms with Crippen LogP contribution in [-0.4, -0.2) is 26.0 Å². The molecule has 0 radical (unpaired) electrons. The Labute approximate surface area is 112 Å². The quantitative estimate of drug-likeness (QED) is 0.671. The average molecular weight is 275 g/mol. The van der Waals surface area contributed by atoms with E-state index in [1.807, 2.05) is 0 Å². The lowest BCUT2D eigenvalue weighted by molar-refractivity contribution is -0.385. The summed E-state index contributed by atoms with van der Waals surface area (Å²) in [5.74, 6) is -0.657. The second-order valence-electron chi connectivity index (χ2n) is 3.87. The van der Waals surface area contributed by atoms with Crippen LogP contribution < -0.4 is 4.74 Å². The van der Waals surface area contributed by atoms with Gasteiger partial charge in [-0.15, -0.1) is 0 Å². The number of carboxylic acid groups (broad SMARTS) is 1. The zero-order chi connectivity index (χ0) is 14.7. The Morgan fingerprint density at radius 1 is 1.35 bits per heavy atom. The first-order chi connectivity index (χ1) is 9.47. The molecule has 2 aromatic rings. The molecule has 8 nitrogen and oxygen atoms in total. The minimum atomic E-state index is -1.04. The van der Waals surface area contributed by atoms with Crippen molar-refractivity contribution in [2.45, 2.75) is 6.92 Å². The highest BCUT2D eigenvalue weighted by Crippen LogP contribution is 2.23. The topological polar surface area (TPSA) is 115 Å². The van der Waals surface area contributed by atoms with Gasteiger partial charge in [-0.1, -0.05) is 0 Å². The Morgan fingerprint density at radius 3 is 2.50 bits per heavy atom. The highest BCUT2D eigenvalue weighted by Gasteiger charge is 2.10. The second kappa shape index (κ2) is 5.31. The SMILES string of the molecule is Cc1cc(C(=O)O)ccc1Oc1ncc([N+](=O)[O-])cn1. The van der Waals surface area contributed by atoms with Crippen LogP contribution in [0.15, 0.2) is 30.6 Å². The molecule has 1 N–H and O–H groups in total. The predicted molar refractivity (Wildman–Crippen MR) is 66.9 cm³/mol. The molecule has 0 aliphatic rings. The number of ether oxygens (including phenoxy) is 1. The van der Waals surface area contributed by atoms with Crippen LogP contribution in [0.25, 0.3) is 0 Å². The van der Waals surface area contributed by atoms with Gasteiger partial charge in [-0.2, -0.15) is 9.97 Å². The summed E-state index contributed by atoms with van der Waals surface area (Å²) in [6.07, 6.45) is 2.06. The van der Waals surface area contributed by atoms with Crippen LogP contribution in [0.4, 0.5) is 5.69 Å². The van der Waals surface area contributed by atoms with Crippen molar-refractivity contribution in [3.05, 3.63) is 51.8 Å². The Hall–Kier alpha value is -3.03. The number of nitrogens with zero attached hydrogens (tertiary/aromatic N) is 3. The van der Waals surface area contributed by atoms with E-state index < -0.39 is 10.9 Å². The third-order valence-electron chi connectivity index (χ3n) is 2.45. The van der Waals surface area contributed by atoms with Gasteiger partial charge in [-0.3, -0.25) is 10.1 Å². The van der Waals surface area contributed by atoms with Gasteiger partial charge in [0, 0.05) is 0 Å². The van der Waals surface area contributed by atoms with E-state index in [1.165, 1.54) is 18.2 Å².